The fraction of sp³-hybridized carbons (Fsp3) is 0.385. The summed E-state index contributed by atoms with van der Waals surface area (Å²) in [5.74, 6) is 0. The van der Waals surface area contributed by atoms with Gasteiger partial charge in [0, 0.05) is 43.3 Å². The molecule has 0 amide bonds. The number of hydrogen-bond donors (Lipinski definition) is 1. The van der Waals surface area contributed by atoms with Gasteiger partial charge in [-0.1, -0.05) is 17.7 Å². The van der Waals surface area contributed by atoms with Crippen LogP contribution in [0.15, 0.2) is 30.9 Å². The Morgan fingerprint density at radius 3 is 2.52 bits per heavy atom. The summed E-state index contributed by atoms with van der Waals surface area (Å²) in [5.41, 5.74) is 0.800. The Bertz CT molecular complexity index is 494. The lowest BCUT2D eigenvalue weighted by molar-refractivity contribution is -0.384. The largest absolute Gasteiger partial charge is 0.314 e. The minimum absolute atomic E-state index is 0. The first kappa shape index (κ1) is 20.1. The standard InChI is InChI=1S/C13H16ClN3O2.2ClH/c1-2-13(16-7-5-15-6-8-16)11-9-10(17(18)19)3-4-12(11)14;;/h2-4,9,13,15H,1,5-8H2;2*1H/t13-;;/m0../s1. The quantitative estimate of drug-likeness (QED) is 0.512. The van der Waals surface area contributed by atoms with Crippen molar-refractivity contribution in [2.45, 2.75) is 6.04 Å². The second-order valence-corrected chi connectivity index (χ2v) is 4.84. The van der Waals surface area contributed by atoms with E-state index in [1.165, 1.54) is 12.1 Å². The zero-order chi connectivity index (χ0) is 13.8. The molecule has 1 heterocycles. The molecule has 1 aromatic rings. The lowest BCUT2D eigenvalue weighted by Crippen LogP contribution is -2.44. The average Bonchev–Trinajstić information content (AvgIpc) is 2.42. The summed E-state index contributed by atoms with van der Waals surface area (Å²) in [7, 11) is 0. The van der Waals surface area contributed by atoms with Crippen LogP contribution in [0.4, 0.5) is 5.69 Å². The maximum atomic E-state index is 10.9. The van der Waals surface area contributed by atoms with Gasteiger partial charge in [0.05, 0.1) is 11.0 Å². The lowest BCUT2D eigenvalue weighted by Gasteiger charge is -2.33. The minimum atomic E-state index is -0.405. The van der Waals surface area contributed by atoms with Gasteiger partial charge in [0.2, 0.25) is 0 Å². The van der Waals surface area contributed by atoms with Crippen molar-refractivity contribution >= 4 is 42.1 Å². The zero-order valence-electron chi connectivity index (χ0n) is 11.3. The van der Waals surface area contributed by atoms with Gasteiger partial charge in [0.15, 0.2) is 0 Å². The number of halogens is 3. The van der Waals surface area contributed by atoms with Crippen molar-refractivity contribution < 1.29 is 4.92 Å². The molecule has 2 rings (SSSR count). The van der Waals surface area contributed by atoms with E-state index in [0.29, 0.717) is 5.02 Å². The molecule has 0 unspecified atom stereocenters. The predicted molar refractivity (Wildman–Crippen MR) is 90.0 cm³/mol. The third kappa shape index (κ3) is 4.83. The zero-order valence-corrected chi connectivity index (χ0v) is 13.7. The fourth-order valence-corrected chi connectivity index (χ4v) is 2.53. The van der Waals surface area contributed by atoms with Crippen molar-refractivity contribution in [3.63, 3.8) is 0 Å². The third-order valence-corrected chi connectivity index (χ3v) is 3.62. The monoisotopic (exact) mass is 353 g/mol. The molecule has 1 atom stereocenters. The molecule has 1 aliphatic heterocycles. The van der Waals surface area contributed by atoms with Gasteiger partial charge in [0.1, 0.15) is 0 Å². The second kappa shape index (κ2) is 9.23. The molecule has 0 radical (unpaired) electrons. The van der Waals surface area contributed by atoms with E-state index in [1.807, 2.05) is 0 Å². The summed E-state index contributed by atoms with van der Waals surface area (Å²) in [4.78, 5) is 12.7. The Morgan fingerprint density at radius 1 is 1.38 bits per heavy atom. The van der Waals surface area contributed by atoms with Crippen LogP contribution in [0, 0.1) is 10.1 Å². The number of benzene rings is 1. The number of nitrogens with zero attached hydrogens (tertiary/aromatic N) is 2. The molecule has 0 aliphatic carbocycles. The van der Waals surface area contributed by atoms with E-state index >= 15 is 0 Å². The van der Waals surface area contributed by atoms with E-state index in [2.05, 4.69) is 16.8 Å². The van der Waals surface area contributed by atoms with Crippen molar-refractivity contribution in [2.24, 2.45) is 0 Å². The van der Waals surface area contributed by atoms with Crippen molar-refractivity contribution in [1.82, 2.24) is 10.2 Å². The van der Waals surface area contributed by atoms with E-state index in [1.54, 1.807) is 12.1 Å². The molecule has 8 heteroatoms. The first-order chi connectivity index (χ1) is 9.13. The minimum Gasteiger partial charge on any atom is -0.314 e. The molecule has 1 aromatic carbocycles. The maximum absolute atomic E-state index is 10.9. The van der Waals surface area contributed by atoms with Gasteiger partial charge >= 0.3 is 0 Å². The molecule has 118 valence electrons. The number of nitro benzene ring substituents is 1. The van der Waals surface area contributed by atoms with E-state index in [4.69, 9.17) is 11.6 Å². The van der Waals surface area contributed by atoms with Gasteiger partial charge in [-0.15, -0.1) is 31.4 Å². The van der Waals surface area contributed by atoms with Crippen LogP contribution < -0.4 is 5.32 Å². The molecular weight excluding hydrogens is 337 g/mol. The van der Waals surface area contributed by atoms with Crippen LogP contribution in [-0.4, -0.2) is 36.0 Å². The molecule has 1 aliphatic rings. The Kier molecular flexibility index (Phi) is 8.85. The van der Waals surface area contributed by atoms with E-state index in [0.717, 1.165) is 31.7 Å². The summed E-state index contributed by atoms with van der Waals surface area (Å²) in [6.07, 6.45) is 1.79. The fourth-order valence-electron chi connectivity index (χ4n) is 2.30. The smallest absolute Gasteiger partial charge is 0.269 e. The first-order valence-electron chi connectivity index (χ1n) is 6.14. The Morgan fingerprint density at radius 2 is 2.00 bits per heavy atom. The van der Waals surface area contributed by atoms with Crippen molar-refractivity contribution in [3.05, 3.63) is 51.6 Å². The van der Waals surface area contributed by atoms with Crippen LogP contribution in [0.25, 0.3) is 0 Å². The molecular formula is C13H18Cl3N3O2. The molecule has 1 N–H and O–H groups in total. The highest BCUT2D eigenvalue weighted by molar-refractivity contribution is 6.31. The Balaban J connectivity index is 0.00000200. The number of piperazine rings is 1. The average molecular weight is 355 g/mol. The van der Waals surface area contributed by atoms with Crippen LogP contribution in [-0.2, 0) is 0 Å². The number of rotatable bonds is 4. The summed E-state index contributed by atoms with van der Waals surface area (Å²) >= 11 is 6.18. The highest BCUT2D eigenvalue weighted by atomic mass is 35.5. The van der Waals surface area contributed by atoms with Crippen LogP contribution in [0.1, 0.15) is 11.6 Å². The van der Waals surface area contributed by atoms with Gasteiger partial charge in [-0.2, -0.15) is 0 Å². The van der Waals surface area contributed by atoms with Crippen molar-refractivity contribution in [3.8, 4) is 0 Å². The predicted octanol–water partition coefficient (Wildman–Crippen LogP) is 3.22. The molecule has 0 bridgehead atoms. The number of hydrogen-bond acceptors (Lipinski definition) is 4. The summed E-state index contributed by atoms with van der Waals surface area (Å²) in [5, 5.41) is 14.7. The molecule has 0 spiro atoms. The highest BCUT2D eigenvalue weighted by Gasteiger charge is 2.23. The molecule has 0 saturated carbocycles. The SMILES string of the molecule is C=C[C@@H](c1cc([N+](=O)[O-])ccc1Cl)N1CCNCC1.Cl.Cl. The number of non-ortho nitro benzene ring substituents is 1. The van der Waals surface area contributed by atoms with Gasteiger partial charge in [-0.3, -0.25) is 15.0 Å². The number of nitrogens with one attached hydrogen (secondary N) is 1. The highest BCUT2D eigenvalue weighted by Crippen LogP contribution is 2.31. The Labute approximate surface area is 141 Å². The van der Waals surface area contributed by atoms with E-state index in [-0.39, 0.29) is 36.5 Å². The van der Waals surface area contributed by atoms with E-state index in [9.17, 15) is 10.1 Å². The van der Waals surface area contributed by atoms with E-state index < -0.39 is 4.92 Å². The lowest BCUT2D eigenvalue weighted by atomic mass is 10.0. The van der Waals surface area contributed by atoms with Crippen LogP contribution in [0.5, 0.6) is 0 Å². The summed E-state index contributed by atoms with van der Waals surface area (Å²) in [6, 6.07) is 4.45. The first-order valence-corrected chi connectivity index (χ1v) is 6.52. The van der Waals surface area contributed by atoms with Crippen LogP contribution in [0.2, 0.25) is 5.02 Å². The molecule has 1 fully saturated rings. The topological polar surface area (TPSA) is 58.4 Å². The third-order valence-electron chi connectivity index (χ3n) is 3.28. The summed E-state index contributed by atoms with van der Waals surface area (Å²) in [6.45, 7) is 7.38. The van der Waals surface area contributed by atoms with Gasteiger partial charge in [-0.25, -0.2) is 0 Å². The van der Waals surface area contributed by atoms with Gasteiger partial charge in [-0.05, 0) is 11.6 Å². The van der Waals surface area contributed by atoms with Gasteiger partial charge < -0.3 is 5.32 Å². The normalized spacial score (nSPS) is 16.2. The Hall–Kier alpha value is -0.850. The van der Waals surface area contributed by atoms with Gasteiger partial charge in [0.25, 0.3) is 5.69 Å². The summed E-state index contributed by atoms with van der Waals surface area (Å²) < 4.78 is 0. The van der Waals surface area contributed by atoms with Crippen LogP contribution >= 0.6 is 36.4 Å². The van der Waals surface area contributed by atoms with Crippen molar-refractivity contribution in [1.29, 1.82) is 0 Å². The number of nitro groups is 1. The van der Waals surface area contributed by atoms with Crippen LogP contribution in [0.3, 0.4) is 0 Å². The maximum Gasteiger partial charge on any atom is 0.269 e. The molecule has 1 saturated heterocycles. The van der Waals surface area contributed by atoms with Crippen molar-refractivity contribution in [2.75, 3.05) is 26.2 Å². The molecule has 21 heavy (non-hydrogen) atoms. The second-order valence-electron chi connectivity index (χ2n) is 4.43. The molecule has 5 nitrogen and oxygen atoms in total. The molecule has 0 aromatic heterocycles.